The summed E-state index contributed by atoms with van der Waals surface area (Å²) in [6.07, 6.45) is 0. The van der Waals surface area contributed by atoms with Crippen LogP contribution in [0.5, 0.6) is 5.75 Å². The van der Waals surface area contributed by atoms with Crippen LogP contribution in [0.1, 0.15) is 26.3 Å². The number of phenols is 1. The molecule has 0 aromatic heterocycles. The smallest absolute Gasteiger partial charge is 0.130 e. The Morgan fingerprint density at radius 2 is 2.00 bits per heavy atom. The second kappa shape index (κ2) is 4.32. The van der Waals surface area contributed by atoms with Crippen LogP contribution < -0.4 is 5.32 Å². The van der Waals surface area contributed by atoms with Gasteiger partial charge in [0.2, 0.25) is 0 Å². The normalized spacial score (nSPS) is 11.7. The zero-order valence-corrected chi connectivity index (χ0v) is 10.4. The van der Waals surface area contributed by atoms with Crippen LogP contribution in [0.15, 0.2) is 22.7 Å². The lowest BCUT2D eigenvalue weighted by molar-refractivity contribution is 0.421. The fraction of sp³-hybridized carbons (Fsp3) is 0.455. The maximum Gasteiger partial charge on any atom is 0.130 e. The summed E-state index contributed by atoms with van der Waals surface area (Å²) in [5, 5.41) is 12.8. The van der Waals surface area contributed by atoms with Crippen LogP contribution in [-0.2, 0) is 6.54 Å². The first-order valence-electron chi connectivity index (χ1n) is 4.61. The first-order valence-corrected chi connectivity index (χ1v) is 5.41. The van der Waals surface area contributed by atoms with Crippen molar-refractivity contribution in [1.82, 2.24) is 5.32 Å². The van der Waals surface area contributed by atoms with E-state index in [4.69, 9.17) is 0 Å². The first-order chi connectivity index (χ1) is 6.40. The zero-order valence-electron chi connectivity index (χ0n) is 8.76. The van der Waals surface area contributed by atoms with Gasteiger partial charge in [-0.3, -0.25) is 0 Å². The Morgan fingerprint density at radius 3 is 2.57 bits per heavy atom. The van der Waals surface area contributed by atoms with E-state index in [2.05, 4.69) is 42.0 Å². The Hall–Kier alpha value is -0.540. The molecular weight excluding hydrogens is 242 g/mol. The number of hydrogen-bond donors (Lipinski definition) is 2. The molecule has 0 unspecified atom stereocenters. The van der Waals surface area contributed by atoms with Crippen molar-refractivity contribution >= 4 is 15.9 Å². The van der Waals surface area contributed by atoms with Gasteiger partial charge >= 0.3 is 0 Å². The van der Waals surface area contributed by atoms with Crippen molar-refractivity contribution in [3.05, 3.63) is 28.2 Å². The molecule has 2 N–H and O–H groups in total. The second-order valence-electron chi connectivity index (χ2n) is 4.35. The van der Waals surface area contributed by atoms with Gasteiger partial charge in [-0.05, 0) is 48.3 Å². The highest BCUT2D eigenvalue weighted by Crippen LogP contribution is 2.27. The zero-order chi connectivity index (χ0) is 10.8. The van der Waals surface area contributed by atoms with Gasteiger partial charge in [-0.25, -0.2) is 0 Å². The summed E-state index contributed by atoms with van der Waals surface area (Å²) in [6.45, 7) is 7.09. The third-order valence-corrected chi connectivity index (χ3v) is 2.78. The monoisotopic (exact) mass is 257 g/mol. The van der Waals surface area contributed by atoms with Crippen molar-refractivity contribution in [2.75, 3.05) is 0 Å². The summed E-state index contributed by atoms with van der Waals surface area (Å²) < 4.78 is 0.775. The van der Waals surface area contributed by atoms with Crippen LogP contribution in [-0.4, -0.2) is 10.6 Å². The number of rotatable bonds is 2. The highest BCUT2D eigenvalue weighted by atomic mass is 79.9. The fourth-order valence-corrected chi connectivity index (χ4v) is 1.47. The Bertz CT molecular complexity index is 318. The van der Waals surface area contributed by atoms with E-state index in [1.54, 1.807) is 6.07 Å². The maximum absolute atomic E-state index is 9.45. The van der Waals surface area contributed by atoms with Crippen LogP contribution in [0.2, 0.25) is 0 Å². The number of aromatic hydroxyl groups is 1. The predicted octanol–water partition coefficient (Wildman–Crippen LogP) is 3.04. The molecule has 3 heteroatoms. The molecule has 0 heterocycles. The molecule has 0 aliphatic heterocycles. The third kappa shape index (κ3) is 3.31. The number of hydrogen-bond acceptors (Lipinski definition) is 2. The summed E-state index contributed by atoms with van der Waals surface area (Å²) in [4.78, 5) is 0. The van der Waals surface area contributed by atoms with Gasteiger partial charge < -0.3 is 10.4 Å². The minimum atomic E-state index is 0.0882. The summed E-state index contributed by atoms with van der Waals surface area (Å²) in [6, 6.07) is 5.51. The van der Waals surface area contributed by atoms with Gasteiger partial charge in [0, 0.05) is 12.1 Å². The molecule has 0 aliphatic rings. The van der Waals surface area contributed by atoms with E-state index >= 15 is 0 Å². The van der Waals surface area contributed by atoms with Gasteiger partial charge in [-0.2, -0.15) is 0 Å². The van der Waals surface area contributed by atoms with E-state index in [0.29, 0.717) is 5.75 Å². The number of benzene rings is 1. The number of halogens is 1. The van der Waals surface area contributed by atoms with Crippen molar-refractivity contribution in [3.8, 4) is 5.75 Å². The highest BCUT2D eigenvalue weighted by molar-refractivity contribution is 9.10. The standard InChI is InChI=1S/C11H16BrNO/c1-11(2,3)13-7-8-5-4-6-9(14)10(8)12/h4-6,13-14H,7H2,1-3H3. The summed E-state index contributed by atoms with van der Waals surface area (Å²) >= 11 is 3.36. The molecule has 2 nitrogen and oxygen atoms in total. The van der Waals surface area contributed by atoms with E-state index in [9.17, 15) is 5.11 Å². The van der Waals surface area contributed by atoms with Gasteiger partial charge in [0.25, 0.3) is 0 Å². The van der Waals surface area contributed by atoms with Crippen molar-refractivity contribution in [2.24, 2.45) is 0 Å². The van der Waals surface area contributed by atoms with E-state index in [0.717, 1.165) is 16.6 Å². The lowest BCUT2D eigenvalue weighted by Gasteiger charge is -2.21. The molecule has 0 atom stereocenters. The van der Waals surface area contributed by atoms with Crippen LogP contribution in [0.4, 0.5) is 0 Å². The SMILES string of the molecule is CC(C)(C)NCc1cccc(O)c1Br. The quantitative estimate of drug-likeness (QED) is 0.854. The highest BCUT2D eigenvalue weighted by Gasteiger charge is 2.10. The molecule has 1 aromatic rings. The van der Waals surface area contributed by atoms with Gasteiger partial charge in [-0.15, -0.1) is 0 Å². The van der Waals surface area contributed by atoms with Gasteiger partial charge in [0.1, 0.15) is 5.75 Å². The van der Waals surface area contributed by atoms with Crippen molar-refractivity contribution in [3.63, 3.8) is 0 Å². The van der Waals surface area contributed by atoms with Crippen LogP contribution in [0, 0.1) is 0 Å². The minimum absolute atomic E-state index is 0.0882. The summed E-state index contributed by atoms with van der Waals surface area (Å²) in [5.74, 6) is 0.290. The van der Waals surface area contributed by atoms with Gasteiger partial charge in [-0.1, -0.05) is 12.1 Å². The van der Waals surface area contributed by atoms with Crippen molar-refractivity contribution < 1.29 is 5.11 Å². The second-order valence-corrected chi connectivity index (χ2v) is 5.15. The molecule has 78 valence electrons. The molecule has 0 fully saturated rings. The van der Waals surface area contributed by atoms with Crippen LogP contribution >= 0.6 is 15.9 Å². The Labute approximate surface area is 93.5 Å². The van der Waals surface area contributed by atoms with Crippen molar-refractivity contribution in [2.45, 2.75) is 32.9 Å². The molecule has 0 amide bonds. The Balaban J connectivity index is 2.73. The predicted molar refractivity (Wildman–Crippen MR) is 62.4 cm³/mol. The minimum Gasteiger partial charge on any atom is -0.507 e. The molecule has 14 heavy (non-hydrogen) atoms. The molecule has 1 rings (SSSR count). The first kappa shape index (κ1) is 11.5. The van der Waals surface area contributed by atoms with Gasteiger partial charge in [0.15, 0.2) is 0 Å². The lowest BCUT2D eigenvalue weighted by atomic mass is 10.1. The molecule has 0 aliphatic carbocycles. The lowest BCUT2D eigenvalue weighted by Crippen LogP contribution is -2.35. The average Bonchev–Trinajstić information content (AvgIpc) is 2.06. The molecule has 0 radical (unpaired) electrons. The maximum atomic E-state index is 9.45. The van der Waals surface area contributed by atoms with E-state index in [-0.39, 0.29) is 5.54 Å². The Morgan fingerprint density at radius 1 is 1.36 bits per heavy atom. The fourth-order valence-electron chi connectivity index (χ4n) is 1.06. The number of nitrogens with one attached hydrogen (secondary N) is 1. The van der Waals surface area contributed by atoms with Crippen LogP contribution in [0.3, 0.4) is 0 Å². The molecule has 1 aromatic carbocycles. The topological polar surface area (TPSA) is 32.3 Å². The van der Waals surface area contributed by atoms with Crippen molar-refractivity contribution in [1.29, 1.82) is 0 Å². The van der Waals surface area contributed by atoms with E-state index in [1.807, 2.05) is 12.1 Å². The molecule has 0 saturated carbocycles. The molecule has 0 spiro atoms. The average molecular weight is 258 g/mol. The van der Waals surface area contributed by atoms with Crippen LogP contribution in [0.25, 0.3) is 0 Å². The molecule has 0 bridgehead atoms. The molecule has 0 saturated heterocycles. The summed E-state index contributed by atoms with van der Waals surface area (Å²) in [5.41, 5.74) is 1.16. The summed E-state index contributed by atoms with van der Waals surface area (Å²) in [7, 11) is 0. The van der Waals surface area contributed by atoms with E-state index in [1.165, 1.54) is 0 Å². The largest absolute Gasteiger partial charge is 0.507 e. The van der Waals surface area contributed by atoms with E-state index < -0.39 is 0 Å². The Kier molecular flexibility index (Phi) is 3.56. The third-order valence-electron chi connectivity index (χ3n) is 1.87. The molecular formula is C11H16BrNO. The van der Waals surface area contributed by atoms with Gasteiger partial charge in [0.05, 0.1) is 4.47 Å². The number of phenolic OH excluding ortho intramolecular Hbond substituents is 1.